The number of halogens is 4. The minimum absolute atomic E-state index is 0.106. The van der Waals surface area contributed by atoms with E-state index in [4.69, 9.17) is 22.1 Å². The van der Waals surface area contributed by atoms with Gasteiger partial charge in [0.05, 0.1) is 30.8 Å². The van der Waals surface area contributed by atoms with Crippen molar-refractivity contribution in [2.24, 2.45) is 0 Å². The Morgan fingerprint density at radius 1 is 1.28 bits per heavy atom. The lowest BCUT2D eigenvalue weighted by Gasteiger charge is -2.41. The lowest BCUT2D eigenvalue weighted by molar-refractivity contribution is -0.154. The first-order valence-electron chi connectivity index (χ1n) is 10.1. The van der Waals surface area contributed by atoms with Crippen molar-refractivity contribution in [3.63, 3.8) is 0 Å². The zero-order valence-electron chi connectivity index (χ0n) is 18.2. The van der Waals surface area contributed by atoms with E-state index in [1.807, 2.05) is 26.8 Å². The van der Waals surface area contributed by atoms with Crippen LogP contribution in [0.1, 0.15) is 41.3 Å². The van der Waals surface area contributed by atoms with E-state index in [1.165, 1.54) is 11.2 Å². The summed E-state index contributed by atoms with van der Waals surface area (Å²) in [6.07, 6.45) is -2.84. The fraction of sp³-hybridized carbons (Fsp3) is 0.476. The highest BCUT2D eigenvalue weighted by molar-refractivity contribution is 6.31. The second-order valence-corrected chi connectivity index (χ2v) is 8.60. The number of aromatic nitrogens is 4. The summed E-state index contributed by atoms with van der Waals surface area (Å²) >= 11 is 6.57. The number of hydrogen-bond donors (Lipinski definition) is 1. The molecule has 7 nitrogen and oxygen atoms in total. The monoisotopic (exact) mass is 468 g/mol. The lowest BCUT2D eigenvalue weighted by atomic mass is 9.85. The van der Waals surface area contributed by atoms with E-state index >= 15 is 0 Å². The van der Waals surface area contributed by atoms with Crippen LogP contribution in [-0.4, -0.2) is 57.6 Å². The maximum Gasteiger partial charge on any atom is 0.401 e. The Hall–Kier alpha value is -2.59. The van der Waals surface area contributed by atoms with Crippen LogP contribution >= 0.6 is 11.6 Å². The van der Waals surface area contributed by atoms with Gasteiger partial charge >= 0.3 is 6.18 Å². The highest BCUT2D eigenvalue weighted by Crippen LogP contribution is 2.44. The number of rotatable bonds is 5. The van der Waals surface area contributed by atoms with Gasteiger partial charge in [-0.3, -0.25) is 4.90 Å². The summed E-state index contributed by atoms with van der Waals surface area (Å²) in [4.78, 5) is 9.77. The highest BCUT2D eigenvalue weighted by Gasteiger charge is 2.40. The van der Waals surface area contributed by atoms with E-state index in [-0.39, 0.29) is 12.0 Å². The number of likely N-dealkylation sites (tertiary alicyclic amines) is 1. The number of fused-ring (bicyclic) bond motifs is 1. The molecule has 32 heavy (non-hydrogen) atoms. The number of anilines is 1. The van der Waals surface area contributed by atoms with E-state index < -0.39 is 12.7 Å². The van der Waals surface area contributed by atoms with Gasteiger partial charge in [-0.25, -0.2) is 14.6 Å². The molecule has 2 aromatic heterocycles. The molecule has 1 aliphatic heterocycles. The van der Waals surface area contributed by atoms with Gasteiger partial charge in [0.15, 0.2) is 5.65 Å². The molecule has 172 valence electrons. The van der Waals surface area contributed by atoms with Crippen molar-refractivity contribution >= 4 is 28.5 Å². The highest BCUT2D eigenvalue weighted by atomic mass is 35.5. The Bertz CT molecular complexity index is 1170. The average Bonchev–Trinajstić information content (AvgIpc) is 3.03. The van der Waals surface area contributed by atoms with Crippen LogP contribution in [0.15, 0.2) is 12.4 Å². The van der Waals surface area contributed by atoms with Gasteiger partial charge in [0.25, 0.3) is 0 Å². The molecule has 1 aromatic carbocycles. The molecule has 11 heteroatoms. The SMILES string of the molecule is COc1c(C(C)n2nc(C)c3c(N)ncnc32)cc(Cl)c(C)c1C1CN(CC(F)(F)F)C1. The molecule has 0 bridgehead atoms. The molecule has 2 N–H and O–H groups in total. The van der Waals surface area contributed by atoms with E-state index in [2.05, 4.69) is 15.1 Å². The van der Waals surface area contributed by atoms with Crippen molar-refractivity contribution in [2.45, 2.75) is 38.9 Å². The number of nitrogens with zero attached hydrogens (tertiary/aromatic N) is 5. The molecule has 0 spiro atoms. The summed E-state index contributed by atoms with van der Waals surface area (Å²) in [6.45, 7) is 5.29. The number of nitrogens with two attached hydrogens (primary N) is 1. The predicted molar refractivity (Wildman–Crippen MR) is 116 cm³/mol. The molecule has 0 aliphatic carbocycles. The number of ether oxygens (including phenoxy) is 1. The zero-order valence-corrected chi connectivity index (χ0v) is 18.9. The largest absolute Gasteiger partial charge is 0.496 e. The van der Waals surface area contributed by atoms with Gasteiger partial charge in [-0.05, 0) is 32.4 Å². The first-order chi connectivity index (χ1) is 15.0. The minimum atomic E-state index is -4.22. The van der Waals surface area contributed by atoms with Gasteiger partial charge < -0.3 is 10.5 Å². The molecule has 3 heterocycles. The summed E-state index contributed by atoms with van der Waals surface area (Å²) in [6, 6.07) is 1.50. The number of aryl methyl sites for hydroxylation is 1. The summed E-state index contributed by atoms with van der Waals surface area (Å²) in [7, 11) is 1.56. The zero-order chi connectivity index (χ0) is 23.4. The van der Waals surface area contributed by atoms with Crippen LogP contribution in [0.25, 0.3) is 11.0 Å². The summed E-state index contributed by atoms with van der Waals surface area (Å²) < 4.78 is 45.8. The smallest absolute Gasteiger partial charge is 0.401 e. The molecule has 0 amide bonds. The van der Waals surface area contributed by atoms with Crippen molar-refractivity contribution in [3.8, 4) is 5.75 Å². The summed E-state index contributed by atoms with van der Waals surface area (Å²) in [5.41, 5.74) is 9.72. The third-order valence-electron chi connectivity index (χ3n) is 6.03. The van der Waals surface area contributed by atoms with Crippen LogP contribution in [0.4, 0.5) is 19.0 Å². The molecule has 1 unspecified atom stereocenters. The Morgan fingerprint density at radius 2 is 1.97 bits per heavy atom. The normalized spacial score (nSPS) is 16.4. The summed E-state index contributed by atoms with van der Waals surface area (Å²) in [5.74, 6) is 0.852. The molecule has 0 saturated carbocycles. The minimum Gasteiger partial charge on any atom is -0.496 e. The lowest BCUT2D eigenvalue weighted by Crippen LogP contribution is -2.49. The maximum atomic E-state index is 12.7. The Labute approximate surface area is 188 Å². The molecular weight excluding hydrogens is 445 g/mol. The summed E-state index contributed by atoms with van der Waals surface area (Å²) in [5, 5.41) is 5.82. The van der Waals surface area contributed by atoms with Crippen molar-refractivity contribution in [2.75, 3.05) is 32.5 Å². The Morgan fingerprint density at radius 3 is 2.59 bits per heavy atom. The first-order valence-corrected chi connectivity index (χ1v) is 10.5. The van der Waals surface area contributed by atoms with Crippen LogP contribution in [0.5, 0.6) is 5.75 Å². The van der Waals surface area contributed by atoms with Gasteiger partial charge in [0.1, 0.15) is 17.9 Å². The van der Waals surface area contributed by atoms with Gasteiger partial charge in [0, 0.05) is 35.2 Å². The topological polar surface area (TPSA) is 82.1 Å². The molecular formula is C21H24ClF3N6O. The Balaban J connectivity index is 1.76. The van der Waals surface area contributed by atoms with Crippen LogP contribution < -0.4 is 10.5 Å². The average molecular weight is 469 g/mol. The second-order valence-electron chi connectivity index (χ2n) is 8.19. The molecule has 1 atom stereocenters. The van der Waals surface area contributed by atoms with Crippen molar-refractivity contribution in [3.05, 3.63) is 39.8 Å². The van der Waals surface area contributed by atoms with Crippen molar-refractivity contribution < 1.29 is 17.9 Å². The van der Waals surface area contributed by atoms with Crippen LogP contribution in [0, 0.1) is 13.8 Å². The molecule has 0 radical (unpaired) electrons. The van der Waals surface area contributed by atoms with Crippen LogP contribution in [0.3, 0.4) is 0 Å². The molecule has 3 aromatic rings. The molecule has 4 rings (SSSR count). The van der Waals surface area contributed by atoms with E-state index in [0.29, 0.717) is 46.4 Å². The van der Waals surface area contributed by atoms with E-state index in [1.54, 1.807) is 11.8 Å². The van der Waals surface area contributed by atoms with Crippen LogP contribution in [0.2, 0.25) is 5.02 Å². The Kier molecular flexibility index (Phi) is 5.70. The van der Waals surface area contributed by atoms with Gasteiger partial charge in [-0.15, -0.1) is 0 Å². The predicted octanol–water partition coefficient (Wildman–Crippen LogP) is 4.26. The maximum absolute atomic E-state index is 12.7. The third kappa shape index (κ3) is 3.86. The molecule has 1 aliphatic rings. The third-order valence-corrected chi connectivity index (χ3v) is 6.43. The fourth-order valence-corrected chi connectivity index (χ4v) is 4.72. The number of nitrogen functional groups attached to an aromatic ring is 1. The number of hydrogen-bond acceptors (Lipinski definition) is 6. The number of alkyl halides is 3. The van der Waals surface area contributed by atoms with E-state index in [0.717, 1.165) is 16.7 Å². The van der Waals surface area contributed by atoms with Crippen LogP contribution in [-0.2, 0) is 0 Å². The van der Waals surface area contributed by atoms with Gasteiger partial charge in [-0.1, -0.05) is 11.6 Å². The number of benzene rings is 1. The van der Waals surface area contributed by atoms with Gasteiger partial charge in [0.2, 0.25) is 0 Å². The standard InChI is InChI=1S/C21H24ClF3N6O/c1-10-15(22)5-14(12(3)31-20-17(11(2)29-31)19(26)27-9-28-20)18(32-4)16(10)13-6-30(7-13)8-21(23,24)25/h5,9,12-13H,6-8H2,1-4H3,(H2,26,27,28). The molecule has 1 fully saturated rings. The van der Waals surface area contributed by atoms with E-state index in [9.17, 15) is 13.2 Å². The van der Waals surface area contributed by atoms with Crippen molar-refractivity contribution in [1.29, 1.82) is 0 Å². The number of methoxy groups -OCH3 is 1. The van der Waals surface area contributed by atoms with Crippen molar-refractivity contribution in [1.82, 2.24) is 24.6 Å². The quantitative estimate of drug-likeness (QED) is 0.602. The second kappa shape index (κ2) is 8.08. The fourth-order valence-electron chi connectivity index (χ4n) is 4.50. The first kappa shape index (κ1) is 22.6. The molecule has 1 saturated heterocycles. The van der Waals surface area contributed by atoms with Gasteiger partial charge in [-0.2, -0.15) is 18.3 Å².